The van der Waals surface area contributed by atoms with Crippen LogP contribution in [0.1, 0.15) is 5.56 Å². The summed E-state index contributed by atoms with van der Waals surface area (Å²) in [6.45, 7) is -0.177. The summed E-state index contributed by atoms with van der Waals surface area (Å²) >= 11 is 5.38. The first-order valence-electron chi connectivity index (χ1n) is 8.32. The van der Waals surface area contributed by atoms with Crippen molar-refractivity contribution in [1.82, 2.24) is 5.43 Å². The lowest BCUT2D eigenvalue weighted by atomic mass is 10.1. The molecule has 0 aliphatic rings. The van der Waals surface area contributed by atoms with Crippen molar-refractivity contribution < 1.29 is 14.6 Å². The Morgan fingerprint density at radius 3 is 2.64 bits per heavy atom. The van der Waals surface area contributed by atoms with Crippen molar-refractivity contribution in [1.29, 1.82) is 0 Å². The number of nitrogens with one attached hydrogen (secondary N) is 1. The standard InChI is InChI=1S/C21H16BrIN2O3/c22-16-10-15(21(27)18(23)11-16)12-24-25-20(26)13-28-19-9-5-4-8-17(19)14-6-2-1-3-7-14/h1-12,27H,13H2,(H,25,26)/b24-12-. The number of ether oxygens (including phenoxy) is 1. The molecule has 0 fully saturated rings. The summed E-state index contributed by atoms with van der Waals surface area (Å²) in [6.07, 6.45) is 1.39. The molecule has 5 nitrogen and oxygen atoms in total. The molecular weight excluding hydrogens is 535 g/mol. The Kier molecular flexibility index (Phi) is 7.05. The van der Waals surface area contributed by atoms with E-state index < -0.39 is 5.91 Å². The number of benzene rings is 3. The molecule has 142 valence electrons. The molecule has 0 aliphatic carbocycles. The molecule has 0 saturated carbocycles. The van der Waals surface area contributed by atoms with Gasteiger partial charge in [-0.05, 0) is 46.4 Å². The van der Waals surface area contributed by atoms with Crippen LogP contribution >= 0.6 is 38.5 Å². The van der Waals surface area contributed by atoms with Gasteiger partial charge in [0.05, 0.1) is 9.78 Å². The summed E-state index contributed by atoms with van der Waals surface area (Å²) in [5.41, 5.74) is 4.82. The summed E-state index contributed by atoms with van der Waals surface area (Å²) in [7, 11) is 0. The van der Waals surface area contributed by atoms with Gasteiger partial charge in [-0.25, -0.2) is 5.43 Å². The number of amides is 1. The van der Waals surface area contributed by atoms with E-state index in [1.165, 1.54) is 6.21 Å². The number of carbonyl (C=O) groups excluding carboxylic acids is 1. The predicted octanol–water partition coefficient (Wildman–Crippen LogP) is 4.96. The Hall–Kier alpha value is -2.39. The fourth-order valence-electron chi connectivity index (χ4n) is 2.48. The van der Waals surface area contributed by atoms with Crippen LogP contribution in [0.3, 0.4) is 0 Å². The van der Waals surface area contributed by atoms with E-state index in [1.54, 1.807) is 12.1 Å². The topological polar surface area (TPSA) is 70.9 Å². The van der Waals surface area contributed by atoms with E-state index in [2.05, 4.69) is 26.5 Å². The smallest absolute Gasteiger partial charge is 0.277 e. The monoisotopic (exact) mass is 550 g/mol. The van der Waals surface area contributed by atoms with Crippen LogP contribution in [-0.2, 0) is 4.79 Å². The molecule has 0 spiro atoms. The fraction of sp³-hybridized carbons (Fsp3) is 0.0476. The predicted molar refractivity (Wildman–Crippen MR) is 122 cm³/mol. The summed E-state index contributed by atoms with van der Waals surface area (Å²) in [6, 6.07) is 20.8. The third kappa shape index (κ3) is 5.32. The maximum absolute atomic E-state index is 12.1. The molecule has 0 atom stereocenters. The van der Waals surface area contributed by atoms with Crippen LogP contribution in [-0.4, -0.2) is 23.8 Å². The average molecular weight is 551 g/mol. The third-order valence-electron chi connectivity index (χ3n) is 3.78. The lowest BCUT2D eigenvalue weighted by molar-refractivity contribution is -0.123. The normalized spacial score (nSPS) is 10.8. The highest BCUT2D eigenvalue weighted by Gasteiger charge is 2.08. The zero-order valence-electron chi connectivity index (χ0n) is 14.6. The second-order valence-electron chi connectivity index (χ2n) is 5.77. The highest BCUT2D eigenvalue weighted by molar-refractivity contribution is 14.1. The summed E-state index contributed by atoms with van der Waals surface area (Å²) in [5.74, 6) is 0.324. The first kappa shape index (κ1) is 20.3. The molecular formula is C21H16BrIN2O3. The maximum atomic E-state index is 12.1. The Labute approximate surface area is 184 Å². The van der Waals surface area contributed by atoms with E-state index >= 15 is 0 Å². The number of hydrazone groups is 1. The van der Waals surface area contributed by atoms with Gasteiger partial charge in [0.2, 0.25) is 0 Å². The van der Waals surface area contributed by atoms with E-state index in [9.17, 15) is 9.90 Å². The summed E-state index contributed by atoms with van der Waals surface area (Å²) in [5, 5.41) is 13.9. The number of phenolic OH excluding ortho intramolecular Hbond substituents is 1. The van der Waals surface area contributed by atoms with Crippen LogP contribution in [0.25, 0.3) is 11.1 Å². The van der Waals surface area contributed by atoms with Gasteiger partial charge in [0.15, 0.2) is 6.61 Å². The van der Waals surface area contributed by atoms with Crippen molar-refractivity contribution in [3.8, 4) is 22.6 Å². The first-order valence-corrected chi connectivity index (χ1v) is 10.2. The number of halogens is 2. The van der Waals surface area contributed by atoms with Crippen LogP contribution < -0.4 is 10.2 Å². The lowest BCUT2D eigenvalue weighted by Gasteiger charge is -2.11. The van der Waals surface area contributed by atoms with Crippen LogP contribution in [0.4, 0.5) is 0 Å². The van der Waals surface area contributed by atoms with E-state index in [4.69, 9.17) is 4.74 Å². The number of rotatable bonds is 6. The number of aromatic hydroxyl groups is 1. The Bertz CT molecular complexity index is 1010. The van der Waals surface area contributed by atoms with Gasteiger partial charge in [0.25, 0.3) is 5.91 Å². The number of carbonyl (C=O) groups is 1. The molecule has 7 heteroatoms. The molecule has 3 aromatic rings. The minimum absolute atomic E-state index is 0.106. The van der Waals surface area contributed by atoms with Gasteiger partial charge in [0, 0.05) is 15.6 Å². The van der Waals surface area contributed by atoms with Gasteiger partial charge in [-0.15, -0.1) is 0 Å². The van der Waals surface area contributed by atoms with Gasteiger partial charge in [-0.1, -0.05) is 64.5 Å². The molecule has 1 amide bonds. The van der Waals surface area contributed by atoms with Crippen molar-refractivity contribution >= 4 is 50.6 Å². The molecule has 0 aromatic heterocycles. The highest BCUT2D eigenvalue weighted by atomic mass is 127. The average Bonchev–Trinajstić information content (AvgIpc) is 2.71. The fourth-order valence-corrected chi connectivity index (χ4v) is 4.03. The van der Waals surface area contributed by atoms with Crippen LogP contribution in [0.5, 0.6) is 11.5 Å². The Morgan fingerprint density at radius 1 is 1.14 bits per heavy atom. The lowest BCUT2D eigenvalue weighted by Crippen LogP contribution is -2.24. The highest BCUT2D eigenvalue weighted by Crippen LogP contribution is 2.29. The molecule has 28 heavy (non-hydrogen) atoms. The van der Waals surface area contributed by atoms with Crippen LogP contribution in [0.2, 0.25) is 0 Å². The molecule has 3 rings (SSSR count). The largest absolute Gasteiger partial charge is 0.506 e. The number of hydrogen-bond acceptors (Lipinski definition) is 4. The molecule has 3 aromatic carbocycles. The van der Waals surface area contributed by atoms with E-state index in [0.717, 1.165) is 15.6 Å². The quantitative estimate of drug-likeness (QED) is 0.259. The number of phenols is 1. The minimum atomic E-state index is -0.400. The van der Waals surface area contributed by atoms with Crippen LogP contribution in [0.15, 0.2) is 76.3 Å². The molecule has 2 N–H and O–H groups in total. The number of nitrogens with zero attached hydrogens (tertiary/aromatic N) is 1. The molecule has 0 bridgehead atoms. The Balaban J connectivity index is 1.62. The van der Waals surface area contributed by atoms with Crippen LogP contribution in [0, 0.1) is 3.57 Å². The molecule has 0 aliphatic heterocycles. The molecule has 0 unspecified atom stereocenters. The van der Waals surface area contributed by atoms with Gasteiger partial charge >= 0.3 is 0 Å². The van der Waals surface area contributed by atoms with Crippen molar-refractivity contribution in [3.63, 3.8) is 0 Å². The second-order valence-corrected chi connectivity index (χ2v) is 7.85. The van der Waals surface area contributed by atoms with E-state index in [0.29, 0.717) is 14.9 Å². The number of hydrogen-bond donors (Lipinski definition) is 2. The van der Waals surface area contributed by atoms with Gasteiger partial charge < -0.3 is 9.84 Å². The van der Waals surface area contributed by atoms with Crippen molar-refractivity contribution in [2.24, 2.45) is 5.10 Å². The van der Waals surface area contributed by atoms with Crippen molar-refractivity contribution in [2.75, 3.05) is 6.61 Å². The first-order chi connectivity index (χ1) is 13.5. The number of para-hydroxylation sites is 1. The van der Waals surface area contributed by atoms with Gasteiger partial charge in [-0.3, -0.25) is 4.79 Å². The summed E-state index contributed by atoms with van der Waals surface area (Å²) in [4.78, 5) is 12.1. The third-order valence-corrected chi connectivity index (χ3v) is 5.06. The zero-order chi connectivity index (χ0) is 19.9. The summed E-state index contributed by atoms with van der Waals surface area (Å²) < 4.78 is 7.16. The second kappa shape index (κ2) is 9.70. The SMILES string of the molecule is O=C(COc1ccccc1-c1ccccc1)N/N=C\c1cc(Br)cc(I)c1O. The molecule has 0 radical (unpaired) electrons. The minimum Gasteiger partial charge on any atom is -0.506 e. The van der Waals surface area contributed by atoms with Gasteiger partial charge in [0.1, 0.15) is 11.5 Å². The molecule has 0 heterocycles. The van der Waals surface area contributed by atoms with E-state index in [-0.39, 0.29) is 12.4 Å². The van der Waals surface area contributed by atoms with Crippen molar-refractivity contribution in [3.05, 3.63) is 80.3 Å². The van der Waals surface area contributed by atoms with Gasteiger partial charge in [-0.2, -0.15) is 5.10 Å². The zero-order valence-corrected chi connectivity index (χ0v) is 18.3. The maximum Gasteiger partial charge on any atom is 0.277 e. The Morgan fingerprint density at radius 2 is 1.86 bits per heavy atom. The van der Waals surface area contributed by atoms with E-state index in [1.807, 2.05) is 77.2 Å². The van der Waals surface area contributed by atoms with Crippen molar-refractivity contribution in [2.45, 2.75) is 0 Å². The molecule has 0 saturated heterocycles.